The average molecular weight is 137 g/mol. The molecule has 2 aliphatic rings. The number of fused-ring (bicyclic) bond motifs is 2. The van der Waals surface area contributed by atoms with Gasteiger partial charge in [-0.25, -0.2) is 0 Å². The van der Waals surface area contributed by atoms with E-state index in [1.54, 1.807) is 0 Å². The van der Waals surface area contributed by atoms with E-state index in [0.29, 0.717) is 0 Å². The molecule has 2 rings (SSSR count). The fraction of sp³-hybridized carbons (Fsp3) is 0.778. The zero-order valence-corrected chi connectivity index (χ0v) is 6.29. The summed E-state index contributed by atoms with van der Waals surface area (Å²) in [5, 5.41) is 0. The summed E-state index contributed by atoms with van der Waals surface area (Å²) >= 11 is 0. The van der Waals surface area contributed by atoms with Crippen LogP contribution in [0.15, 0.2) is 12.2 Å². The van der Waals surface area contributed by atoms with Crippen molar-refractivity contribution in [2.45, 2.75) is 19.3 Å². The third kappa shape index (κ3) is 0.891. The third-order valence-corrected chi connectivity index (χ3v) is 2.95. The smallest absolute Gasteiger partial charge is 0.00744 e. The standard InChI is InChI=1S/C9H15N/c10-4-3-9-6-7-1-2-8(9)5-7/h1-2,7-9H,3-6,10H2/t7-,8-,9-/m1/s1. The lowest BCUT2D eigenvalue weighted by molar-refractivity contribution is 0.422. The Labute approximate surface area is 62.3 Å². The van der Waals surface area contributed by atoms with Gasteiger partial charge in [-0.3, -0.25) is 0 Å². The number of hydrogen-bond acceptors (Lipinski definition) is 1. The Morgan fingerprint density at radius 1 is 1.30 bits per heavy atom. The summed E-state index contributed by atoms with van der Waals surface area (Å²) in [6, 6.07) is 0. The summed E-state index contributed by atoms with van der Waals surface area (Å²) in [6.45, 7) is 0.877. The highest BCUT2D eigenvalue weighted by Gasteiger charge is 2.34. The van der Waals surface area contributed by atoms with Crippen molar-refractivity contribution < 1.29 is 0 Å². The van der Waals surface area contributed by atoms with Crippen molar-refractivity contribution in [2.24, 2.45) is 23.5 Å². The van der Waals surface area contributed by atoms with Crippen LogP contribution < -0.4 is 5.73 Å². The molecular formula is C9H15N. The molecule has 3 atom stereocenters. The van der Waals surface area contributed by atoms with E-state index < -0.39 is 0 Å². The second-order valence-electron chi connectivity index (χ2n) is 3.62. The van der Waals surface area contributed by atoms with Crippen LogP contribution in [-0.2, 0) is 0 Å². The molecule has 0 aliphatic heterocycles. The van der Waals surface area contributed by atoms with E-state index in [-0.39, 0.29) is 0 Å². The molecule has 0 radical (unpaired) electrons. The number of rotatable bonds is 2. The molecule has 0 saturated heterocycles. The van der Waals surface area contributed by atoms with E-state index in [2.05, 4.69) is 12.2 Å². The van der Waals surface area contributed by atoms with Gasteiger partial charge in [0, 0.05) is 0 Å². The van der Waals surface area contributed by atoms with Gasteiger partial charge in [-0.15, -0.1) is 0 Å². The van der Waals surface area contributed by atoms with Crippen LogP contribution >= 0.6 is 0 Å². The molecular weight excluding hydrogens is 122 g/mol. The highest BCUT2D eigenvalue weighted by atomic mass is 14.5. The van der Waals surface area contributed by atoms with Crippen LogP contribution in [0.25, 0.3) is 0 Å². The summed E-state index contributed by atoms with van der Waals surface area (Å²) in [4.78, 5) is 0. The summed E-state index contributed by atoms with van der Waals surface area (Å²) in [7, 11) is 0. The van der Waals surface area contributed by atoms with Crippen LogP contribution in [0, 0.1) is 17.8 Å². The molecule has 0 amide bonds. The minimum atomic E-state index is 0.877. The number of hydrogen-bond donors (Lipinski definition) is 1. The molecule has 2 aliphatic carbocycles. The molecule has 0 unspecified atom stereocenters. The van der Waals surface area contributed by atoms with E-state index in [1.807, 2.05) is 0 Å². The highest BCUT2D eigenvalue weighted by molar-refractivity contribution is 5.09. The van der Waals surface area contributed by atoms with Crippen molar-refractivity contribution in [1.82, 2.24) is 0 Å². The average Bonchev–Trinajstić information content (AvgIpc) is 2.48. The Balaban J connectivity index is 1.96. The minimum absolute atomic E-state index is 0.877. The predicted octanol–water partition coefficient (Wildman–Crippen LogP) is 1.55. The van der Waals surface area contributed by atoms with E-state index in [0.717, 1.165) is 24.3 Å². The van der Waals surface area contributed by atoms with Gasteiger partial charge in [0.2, 0.25) is 0 Å². The lowest BCUT2D eigenvalue weighted by atomic mass is 9.91. The molecule has 56 valence electrons. The van der Waals surface area contributed by atoms with Gasteiger partial charge >= 0.3 is 0 Å². The van der Waals surface area contributed by atoms with Crippen LogP contribution in [0.3, 0.4) is 0 Å². The van der Waals surface area contributed by atoms with Crippen molar-refractivity contribution >= 4 is 0 Å². The summed E-state index contributed by atoms with van der Waals surface area (Å²) < 4.78 is 0. The molecule has 2 N–H and O–H groups in total. The maximum Gasteiger partial charge on any atom is -0.00744 e. The van der Waals surface area contributed by atoms with E-state index in [4.69, 9.17) is 5.73 Å². The molecule has 0 spiro atoms. The molecule has 10 heavy (non-hydrogen) atoms. The largest absolute Gasteiger partial charge is 0.330 e. The van der Waals surface area contributed by atoms with Crippen molar-refractivity contribution in [3.63, 3.8) is 0 Å². The lowest BCUT2D eigenvalue weighted by Crippen LogP contribution is -2.12. The van der Waals surface area contributed by atoms with Gasteiger partial charge in [0.15, 0.2) is 0 Å². The normalized spacial score (nSPS) is 43.1. The number of nitrogens with two attached hydrogens (primary N) is 1. The van der Waals surface area contributed by atoms with Crippen LogP contribution in [-0.4, -0.2) is 6.54 Å². The maximum absolute atomic E-state index is 5.52. The fourth-order valence-electron chi connectivity index (χ4n) is 2.44. The zero-order valence-electron chi connectivity index (χ0n) is 6.29. The first-order valence-electron chi connectivity index (χ1n) is 4.28. The summed E-state index contributed by atoms with van der Waals surface area (Å²) in [6.07, 6.45) is 8.86. The van der Waals surface area contributed by atoms with Crippen LogP contribution in [0.2, 0.25) is 0 Å². The van der Waals surface area contributed by atoms with E-state index in [9.17, 15) is 0 Å². The Bertz CT molecular complexity index is 151. The van der Waals surface area contributed by atoms with Crippen molar-refractivity contribution in [3.8, 4) is 0 Å². The first kappa shape index (κ1) is 6.41. The SMILES string of the molecule is NCC[C@@H]1C[C@@H]2C=C[C@@H]1C2. The maximum atomic E-state index is 5.52. The lowest BCUT2D eigenvalue weighted by Gasteiger charge is -2.15. The topological polar surface area (TPSA) is 26.0 Å². The van der Waals surface area contributed by atoms with Gasteiger partial charge in [0.05, 0.1) is 0 Å². The Hall–Kier alpha value is -0.300. The molecule has 0 aromatic rings. The van der Waals surface area contributed by atoms with Gasteiger partial charge in [-0.2, -0.15) is 0 Å². The Kier molecular flexibility index (Phi) is 1.53. The molecule has 1 nitrogen and oxygen atoms in total. The van der Waals surface area contributed by atoms with Gasteiger partial charge < -0.3 is 5.73 Å². The molecule has 1 saturated carbocycles. The molecule has 1 heteroatoms. The molecule has 2 bridgehead atoms. The van der Waals surface area contributed by atoms with E-state index >= 15 is 0 Å². The van der Waals surface area contributed by atoms with Crippen molar-refractivity contribution in [2.75, 3.05) is 6.54 Å². The zero-order chi connectivity index (χ0) is 6.97. The summed E-state index contributed by atoms with van der Waals surface area (Å²) in [5.74, 6) is 2.75. The molecule has 0 aromatic heterocycles. The second kappa shape index (κ2) is 2.39. The Morgan fingerprint density at radius 2 is 2.20 bits per heavy atom. The first-order chi connectivity index (χ1) is 4.90. The van der Waals surface area contributed by atoms with Gasteiger partial charge in [-0.1, -0.05) is 12.2 Å². The quantitative estimate of drug-likeness (QED) is 0.574. The molecule has 0 aromatic carbocycles. The fourth-order valence-corrected chi connectivity index (χ4v) is 2.44. The van der Waals surface area contributed by atoms with Gasteiger partial charge in [0.25, 0.3) is 0 Å². The predicted molar refractivity (Wildman–Crippen MR) is 42.5 cm³/mol. The second-order valence-corrected chi connectivity index (χ2v) is 3.62. The monoisotopic (exact) mass is 137 g/mol. The Morgan fingerprint density at radius 3 is 2.70 bits per heavy atom. The van der Waals surface area contributed by atoms with Gasteiger partial charge in [-0.05, 0) is 43.6 Å². The van der Waals surface area contributed by atoms with Gasteiger partial charge in [0.1, 0.15) is 0 Å². The first-order valence-corrected chi connectivity index (χ1v) is 4.28. The van der Waals surface area contributed by atoms with Crippen molar-refractivity contribution in [1.29, 1.82) is 0 Å². The van der Waals surface area contributed by atoms with Crippen molar-refractivity contribution in [3.05, 3.63) is 12.2 Å². The summed E-state index contributed by atoms with van der Waals surface area (Å²) in [5.41, 5.74) is 5.52. The molecule has 1 fully saturated rings. The van der Waals surface area contributed by atoms with Crippen LogP contribution in [0.1, 0.15) is 19.3 Å². The minimum Gasteiger partial charge on any atom is -0.330 e. The third-order valence-electron chi connectivity index (χ3n) is 2.95. The molecule has 0 heterocycles. The van der Waals surface area contributed by atoms with Crippen LogP contribution in [0.4, 0.5) is 0 Å². The number of allylic oxidation sites excluding steroid dienone is 2. The highest BCUT2D eigenvalue weighted by Crippen LogP contribution is 2.44. The van der Waals surface area contributed by atoms with Crippen LogP contribution in [0.5, 0.6) is 0 Å². The van der Waals surface area contributed by atoms with E-state index in [1.165, 1.54) is 19.3 Å².